The molecule has 138 valence electrons. The molecule has 26 heavy (non-hydrogen) atoms. The summed E-state index contributed by atoms with van der Waals surface area (Å²) in [6.07, 6.45) is 0. The van der Waals surface area contributed by atoms with Crippen LogP contribution in [0, 0.1) is 17.5 Å². The second kappa shape index (κ2) is 8.33. The van der Waals surface area contributed by atoms with Crippen molar-refractivity contribution in [2.75, 3.05) is 32.8 Å². The molecule has 0 saturated carbocycles. The second-order valence-electron chi connectivity index (χ2n) is 6.03. The van der Waals surface area contributed by atoms with Crippen LogP contribution in [0.25, 0.3) is 0 Å². The smallest absolute Gasteiger partial charge is 0.257 e. The quantitative estimate of drug-likeness (QED) is 0.887. The zero-order valence-corrected chi connectivity index (χ0v) is 14.1. The van der Waals surface area contributed by atoms with E-state index in [9.17, 15) is 18.0 Å². The van der Waals surface area contributed by atoms with E-state index in [-0.39, 0.29) is 18.4 Å². The first kappa shape index (κ1) is 18.4. The first-order valence-corrected chi connectivity index (χ1v) is 8.35. The van der Waals surface area contributed by atoms with Gasteiger partial charge in [0.25, 0.3) is 5.91 Å². The van der Waals surface area contributed by atoms with Crippen LogP contribution in [0.4, 0.5) is 13.2 Å². The van der Waals surface area contributed by atoms with Crippen molar-refractivity contribution >= 4 is 5.91 Å². The number of carbonyl (C=O) groups excluding carboxylic acids is 1. The zero-order valence-electron chi connectivity index (χ0n) is 14.1. The van der Waals surface area contributed by atoms with Crippen molar-refractivity contribution in [3.63, 3.8) is 0 Å². The van der Waals surface area contributed by atoms with Crippen LogP contribution in [0.2, 0.25) is 0 Å². The van der Waals surface area contributed by atoms with Crippen LogP contribution >= 0.6 is 0 Å². The van der Waals surface area contributed by atoms with E-state index >= 15 is 0 Å². The lowest BCUT2D eigenvalue weighted by Gasteiger charge is -2.35. The number of carbonyl (C=O) groups is 1. The Balaban J connectivity index is 1.78. The Morgan fingerprint density at radius 1 is 1.08 bits per heavy atom. The van der Waals surface area contributed by atoms with Gasteiger partial charge in [0, 0.05) is 19.6 Å². The summed E-state index contributed by atoms with van der Waals surface area (Å²) < 4.78 is 46.5. The van der Waals surface area contributed by atoms with E-state index in [4.69, 9.17) is 4.74 Å². The molecule has 0 bridgehead atoms. The van der Waals surface area contributed by atoms with E-state index in [0.29, 0.717) is 31.9 Å². The van der Waals surface area contributed by atoms with Crippen LogP contribution in [-0.4, -0.2) is 43.7 Å². The van der Waals surface area contributed by atoms with Gasteiger partial charge in [0.2, 0.25) is 0 Å². The average Bonchev–Trinajstić information content (AvgIpc) is 2.63. The Bertz CT molecular complexity index is 759. The van der Waals surface area contributed by atoms with E-state index in [2.05, 4.69) is 10.2 Å². The molecule has 1 saturated heterocycles. The number of benzene rings is 2. The minimum absolute atomic E-state index is 0.0933. The molecule has 1 heterocycles. The summed E-state index contributed by atoms with van der Waals surface area (Å²) in [6.45, 7) is 2.38. The van der Waals surface area contributed by atoms with E-state index in [1.54, 1.807) is 12.1 Å². The summed E-state index contributed by atoms with van der Waals surface area (Å²) in [4.78, 5) is 14.3. The summed E-state index contributed by atoms with van der Waals surface area (Å²) in [5.74, 6) is -3.06. The summed E-state index contributed by atoms with van der Waals surface area (Å²) in [6, 6.07) is 9.03. The molecule has 3 rings (SSSR count). The molecule has 1 fully saturated rings. The lowest BCUT2D eigenvalue weighted by Crippen LogP contribution is -2.44. The third kappa shape index (κ3) is 4.23. The molecule has 1 N–H and O–H groups in total. The van der Waals surface area contributed by atoms with Gasteiger partial charge in [-0.15, -0.1) is 0 Å². The molecule has 7 heteroatoms. The van der Waals surface area contributed by atoms with Gasteiger partial charge in [-0.3, -0.25) is 9.69 Å². The van der Waals surface area contributed by atoms with Gasteiger partial charge < -0.3 is 10.1 Å². The molecule has 0 aromatic heterocycles. The first-order valence-electron chi connectivity index (χ1n) is 8.35. The van der Waals surface area contributed by atoms with Crippen LogP contribution in [0.3, 0.4) is 0 Å². The lowest BCUT2D eigenvalue weighted by atomic mass is 10.0. The van der Waals surface area contributed by atoms with Crippen LogP contribution in [0.5, 0.6) is 0 Å². The van der Waals surface area contributed by atoms with Gasteiger partial charge in [-0.25, -0.2) is 13.2 Å². The van der Waals surface area contributed by atoms with Crippen molar-refractivity contribution in [1.29, 1.82) is 0 Å². The SMILES string of the molecule is O=C(NC[C@H](c1cccc(F)c1)N1CCOCC1)c1c(F)cccc1F. The molecular weight excluding hydrogens is 345 g/mol. The van der Waals surface area contributed by atoms with Gasteiger partial charge >= 0.3 is 0 Å². The Kier molecular flexibility index (Phi) is 5.90. The highest BCUT2D eigenvalue weighted by Gasteiger charge is 2.25. The molecule has 1 amide bonds. The summed E-state index contributed by atoms with van der Waals surface area (Å²) in [5, 5.41) is 2.57. The van der Waals surface area contributed by atoms with Crippen LogP contribution in [-0.2, 0) is 4.74 Å². The van der Waals surface area contributed by atoms with Crippen molar-refractivity contribution in [1.82, 2.24) is 10.2 Å². The molecule has 2 aromatic carbocycles. The van der Waals surface area contributed by atoms with Gasteiger partial charge in [0.15, 0.2) is 0 Å². The summed E-state index contributed by atoms with van der Waals surface area (Å²) >= 11 is 0. The number of hydrogen-bond donors (Lipinski definition) is 1. The molecule has 0 radical (unpaired) electrons. The molecule has 1 atom stereocenters. The fraction of sp³-hybridized carbons (Fsp3) is 0.316. The lowest BCUT2D eigenvalue weighted by molar-refractivity contribution is 0.0161. The maximum absolute atomic E-state index is 13.8. The number of nitrogens with one attached hydrogen (secondary N) is 1. The van der Waals surface area contributed by atoms with Gasteiger partial charge in [-0.05, 0) is 29.8 Å². The van der Waals surface area contributed by atoms with Crippen molar-refractivity contribution < 1.29 is 22.7 Å². The Morgan fingerprint density at radius 3 is 2.38 bits per heavy atom. The number of hydrogen-bond acceptors (Lipinski definition) is 3. The molecule has 1 aliphatic rings. The van der Waals surface area contributed by atoms with Crippen LogP contribution in [0.15, 0.2) is 42.5 Å². The van der Waals surface area contributed by atoms with Gasteiger partial charge in [0.1, 0.15) is 23.0 Å². The largest absolute Gasteiger partial charge is 0.379 e. The minimum Gasteiger partial charge on any atom is -0.379 e. The highest BCUT2D eigenvalue weighted by Crippen LogP contribution is 2.22. The predicted octanol–water partition coefficient (Wildman–Crippen LogP) is 2.91. The third-order valence-electron chi connectivity index (χ3n) is 4.37. The van der Waals surface area contributed by atoms with Crippen molar-refractivity contribution in [3.8, 4) is 0 Å². The third-order valence-corrected chi connectivity index (χ3v) is 4.37. The topological polar surface area (TPSA) is 41.6 Å². The number of rotatable bonds is 5. The monoisotopic (exact) mass is 364 g/mol. The number of ether oxygens (including phenoxy) is 1. The molecule has 4 nitrogen and oxygen atoms in total. The van der Waals surface area contributed by atoms with Crippen molar-refractivity contribution in [2.24, 2.45) is 0 Å². The maximum Gasteiger partial charge on any atom is 0.257 e. The average molecular weight is 364 g/mol. The number of morpholine rings is 1. The highest BCUT2D eigenvalue weighted by atomic mass is 19.1. The Labute approximate surface area is 149 Å². The molecular formula is C19H19F3N2O2. The minimum atomic E-state index is -0.920. The van der Waals surface area contributed by atoms with E-state index in [1.807, 2.05) is 0 Å². The Morgan fingerprint density at radius 2 is 1.73 bits per heavy atom. The second-order valence-corrected chi connectivity index (χ2v) is 6.03. The van der Waals surface area contributed by atoms with Gasteiger partial charge in [0.05, 0.1) is 19.3 Å². The van der Waals surface area contributed by atoms with Crippen LogP contribution in [0.1, 0.15) is 22.0 Å². The standard InChI is InChI=1S/C19H19F3N2O2/c20-14-4-1-3-13(11-14)17(24-7-9-26-10-8-24)12-23-19(25)18-15(21)5-2-6-16(18)22/h1-6,11,17H,7-10,12H2,(H,23,25)/t17-/m1/s1. The summed E-state index contributed by atoms with van der Waals surface area (Å²) in [7, 11) is 0. The zero-order chi connectivity index (χ0) is 18.5. The summed E-state index contributed by atoms with van der Waals surface area (Å²) in [5.41, 5.74) is 0.0636. The fourth-order valence-corrected chi connectivity index (χ4v) is 3.05. The van der Waals surface area contributed by atoms with Crippen LogP contribution < -0.4 is 5.32 Å². The maximum atomic E-state index is 13.8. The molecule has 2 aromatic rings. The normalized spacial score (nSPS) is 16.3. The van der Waals surface area contributed by atoms with E-state index < -0.39 is 23.1 Å². The number of halogens is 3. The molecule has 0 spiro atoms. The highest BCUT2D eigenvalue weighted by molar-refractivity contribution is 5.94. The van der Waals surface area contributed by atoms with E-state index in [0.717, 1.165) is 12.1 Å². The molecule has 1 aliphatic heterocycles. The Hall–Kier alpha value is -2.38. The molecule has 0 aliphatic carbocycles. The number of amides is 1. The van der Waals surface area contributed by atoms with Gasteiger partial charge in [-0.2, -0.15) is 0 Å². The number of nitrogens with zero attached hydrogens (tertiary/aromatic N) is 1. The first-order chi connectivity index (χ1) is 12.6. The van der Waals surface area contributed by atoms with Crippen molar-refractivity contribution in [2.45, 2.75) is 6.04 Å². The predicted molar refractivity (Wildman–Crippen MR) is 90.2 cm³/mol. The fourth-order valence-electron chi connectivity index (χ4n) is 3.05. The van der Waals surface area contributed by atoms with Crippen molar-refractivity contribution in [3.05, 3.63) is 71.0 Å². The molecule has 0 unspecified atom stereocenters. The van der Waals surface area contributed by atoms with Gasteiger partial charge in [-0.1, -0.05) is 18.2 Å². The van der Waals surface area contributed by atoms with E-state index in [1.165, 1.54) is 18.2 Å².